The summed E-state index contributed by atoms with van der Waals surface area (Å²) in [5, 5.41) is 0. The Bertz CT molecular complexity index is 1170. The lowest BCUT2D eigenvalue weighted by molar-refractivity contribution is -0.132. The van der Waals surface area contributed by atoms with Crippen molar-refractivity contribution in [1.82, 2.24) is 14.5 Å². The molecule has 0 aliphatic heterocycles. The summed E-state index contributed by atoms with van der Waals surface area (Å²) in [6.45, 7) is 3.19. The fourth-order valence-corrected chi connectivity index (χ4v) is 3.54. The zero-order valence-electron chi connectivity index (χ0n) is 17.4. The summed E-state index contributed by atoms with van der Waals surface area (Å²) in [6.07, 6.45) is 0. The number of para-hydroxylation sites is 3. The summed E-state index contributed by atoms with van der Waals surface area (Å²) in [7, 11) is 0. The number of benzene rings is 3. The molecule has 0 saturated carbocycles. The van der Waals surface area contributed by atoms with Gasteiger partial charge in [-0.3, -0.25) is 4.79 Å². The number of halogens is 1. The van der Waals surface area contributed by atoms with Crippen LogP contribution < -0.4 is 4.74 Å². The van der Waals surface area contributed by atoms with E-state index in [1.165, 1.54) is 12.1 Å². The number of rotatable bonds is 8. The number of carbonyl (C=O) groups excluding carboxylic acids is 1. The van der Waals surface area contributed by atoms with Gasteiger partial charge in [0.2, 0.25) is 5.91 Å². The van der Waals surface area contributed by atoms with E-state index in [0.29, 0.717) is 18.9 Å². The van der Waals surface area contributed by atoms with Gasteiger partial charge in [-0.25, -0.2) is 9.37 Å². The van der Waals surface area contributed by atoms with Gasteiger partial charge in [0, 0.05) is 13.1 Å². The second-order valence-electron chi connectivity index (χ2n) is 7.24. The third-order valence-corrected chi connectivity index (χ3v) is 5.14. The fraction of sp³-hybridized carbons (Fsp3) is 0.200. The van der Waals surface area contributed by atoms with E-state index >= 15 is 0 Å². The molecule has 4 rings (SSSR count). The van der Waals surface area contributed by atoms with E-state index in [2.05, 4.69) is 4.98 Å². The van der Waals surface area contributed by atoms with E-state index < -0.39 is 0 Å². The third kappa shape index (κ3) is 4.91. The second-order valence-corrected chi connectivity index (χ2v) is 7.24. The summed E-state index contributed by atoms with van der Waals surface area (Å²) < 4.78 is 21.3. The molecule has 0 fully saturated rings. The molecule has 4 aromatic rings. The Labute approximate surface area is 180 Å². The first kappa shape index (κ1) is 20.6. The first-order chi connectivity index (χ1) is 15.1. The van der Waals surface area contributed by atoms with Crippen LogP contribution in [-0.4, -0.2) is 26.9 Å². The van der Waals surface area contributed by atoms with Gasteiger partial charge < -0.3 is 14.2 Å². The van der Waals surface area contributed by atoms with Crippen molar-refractivity contribution < 1.29 is 13.9 Å². The molecule has 0 atom stereocenters. The lowest BCUT2D eigenvalue weighted by atomic mass is 10.2. The largest absolute Gasteiger partial charge is 0.486 e. The zero-order valence-corrected chi connectivity index (χ0v) is 17.4. The van der Waals surface area contributed by atoms with Gasteiger partial charge in [-0.2, -0.15) is 0 Å². The minimum atomic E-state index is -0.304. The molecule has 0 saturated heterocycles. The minimum absolute atomic E-state index is 0.0594. The Morgan fingerprint density at radius 2 is 1.81 bits per heavy atom. The lowest BCUT2D eigenvalue weighted by Gasteiger charge is -2.22. The average Bonchev–Trinajstić information content (AvgIpc) is 3.14. The summed E-state index contributed by atoms with van der Waals surface area (Å²) in [4.78, 5) is 19.5. The van der Waals surface area contributed by atoms with Crippen molar-refractivity contribution in [2.75, 3.05) is 6.54 Å². The number of ether oxygens (including phenoxy) is 1. The Hall–Kier alpha value is -3.67. The number of imidazole rings is 1. The molecule has 3 aromatic carbocycles. The van der Waals surface area contributed by atoms with Crippen LogP contribution in [0.15, 0.2) is 78.9 Å². The summed E-state index contributed by atoms with van der Waals surface area (Å²) in [6, 6.07) is 23.6. The van der Waals surface area contributed by atoms with Gasteiger partial charge in [-0.15, -0.1) is 0 Å². The van der Waals surface area contributed by atoms with Gasteiger partial charge in [0.05, 0.1) is 11.0 Å². The predicted molar refractivity (Wildman–Crippen MR) is 118 cm³/mol. The highest BCUT2D eigenvalue weighted by Gasteiger charge is 2.18. The first-order valence-corrected chi connectivity index (χ1v) is 10.3. The van der Waals surface area contributed by atoms with Crippen LogP contribution in [0.3, 0.4) is 0 Å². The molecule has 0 unspecified atom stereocenters. The maximum atomic E-state index is 13.6. The molecule has 1 amide bonds. The normalized spacial score (nSPS) is 10.9. The van der Waals surface area contributed by atoms with Crippen LogP contribution in [0.5, 0.6) is 5.75 Å². The van der Waals surface area contributed by atoms with Crippen molar-refractivity contribution in [3.05, 3.63) is 96.1 Å². The Kier molecular flexibility index (Phi) is 6.26. The number of nitrogens with zero attached hydrogens (tertiary/aromatic N) is 3. The molecule has 0 spiro atoms. The molecule has 158 valence electrons. The zero-order chi connectivity index (χ0) is 21.6. The maximum absolute atomic E-state index is 13.6. The molecule has 0 aliphatic rings. The SMILES string of the molecule is CCN(Cc1cccc(F)c1)C(=O)Cn1c(COc2ccccc2)nc2ccccc21. The van der Waals surface area contributed by atoms with Gasteiger partial charge in [0.15, 0.2) is 0 Å². The van der Waals surface area contributed by atoms with Crippen molar-refractivity contribution in [2.24, 2.45) is 0 Å². The highest BCUT2D eigenvalue weighted by Crippen LogP contribution is 2.19. The highest BCUT2D eigenvalue weighted by molar-refractivity contribution is 5.81. The van der Waals surface area contributed by atoms with E-state index in [9.17, 15) is 9.18 Å². The number of aromatic nitrogens is 2. The Balaban J connectivity index is 1.56. The molecule has 0 aliphatic carbocycles. The van der Waals surface area contributed by atoms with Crippen LogP contribution >= 0.6 is 0 Å². The quantitative estimate of drug-likeness (QED) is 0.414. The molecule has 5 nitrogen and oxygen atoms in total. The number of hydrogen-bond donors (Lipinski definition) is 0. The summed E-state index contributed by atoms with van der Waals surface area (Å²) in [5.41, 5.74) is 2.46. The first-order valence-electron chi connectivity index (χ1n) is 10.3. The minimum Gasteiger partial charge on any atom is -0.486 e. The van der Waals surface area contributed by atoms with Crippen LogP contribution in [0.2, 0.25) is 0 Å². The van der Waals surface area contributed by atoms with Crippen molar-refractivity contribution in [1.29, 1.82) is 0 Å². The second kappa shape index (κ2) is 9.43. The number of carbonyl (C=O) groups is 1. The highest BCUT2D eigenvalue weighted by atomic mass is 19.1. The van der Waals surface area contributed by atoms with Crippen LogP contribution in [-0.2, 0) is 24.5 Å². The molecule has 1 aromatic heterocycles. The summed E-state index contributed by atoms with van der Waals surface area (Å²) in [5.74, 6) is 1.06. The Morgan fingerprint density at radius 3 is 2.58 bits per heavy atom. The monoisotopic (exact) mass is 417 g/mol. The summed E-state index contributed by atoms with van der Waals surface area (Å²) >= 11 is 0. The smallest absolute Gasteiger partial charge is 0.242 e. The van der Waals surface area contributed by atoms with E-state index in [1.807, 2.05) is 72.2 Å². The molecule has 0 bridgehead atoms. The third-order valence-electron chi connectivity index (χ3n) is 5.14. The molecular weight excluding hydrogens is 393 g/mol. The van der Waals surface area contributed by atoms with Crippen molar-refractivity contribution in [2.45, 2.75) is 26.6 Å². The molecule has 0 N–H and O–H groups in total. The fourth-order valence-electron chi connectivity index (χ4n) is 3.54. The van der Waals surface area contributed by atoms with E-state index in [1.54, 1.807) is 11.0 Å². The number of likely N-dealkylation sites (N-methyl/N-ethyl adjacent to an activating group) is 1. The Morgan fingerprint density at radius 1 is 1.03 bits per heavy atom. The molecule has 31 heavy (non-hydrogen) atoms. The van der Waals surface area contributed by atoms with Gasteiger partial charge in [0.25, 0.3) is 0 Å². The van der Waals surface area contributed by atoms with Crippen LogP contribution in [0.1, 0.15) is 18.3 Å². The average molecular weight is 417 g/mol. The van der Waals surface area contributed by atoms with Crippen LogP contribution in [0.4, 0.5) is 4.39 Å². The predicted octanol–water partition coefficient (Wildman–Crippen LogP) is 4.80. The standard InChI is InChI=1S/C25H24FN3O2/c1-2-28(16-19-9-8-10-20(26)15-19)25(30)17-29-23-14-7-6-13-22(23)27-24(29)18-31-21-11-4-3-5-12-21/h3-15H,2,16-18H2,1H3. The van der Waals surface area contributed by atoms with Crippen molar-refractivity contribution in [3.8, 4) is 5.75 Å². The van der Waals surface area contributed by atoms with Gasteiger partial charge in [-0.1, -0.05) is 42.5 Å². The van der Waals surface area contributed by atoms with Crippen LogP contribution in [0, 0.1) is 5.82 Å². The van der Waals surface area contributed by atoms with Gasteiger partial charge >= 0.3 is 0 Å². The van der Waals surface area contributed by atoms with Gasteiger partial charge in [-0.05, 0) is 48.9 Å². The van der Waals surface area contributed by atoms with E-state index in [4.69, 9.17) is 4.74 Å². The van der Waals surface area contributed by atoms with E-state index in [0.717, 1.165) is 22.3 Å². The number of fused-ring (bicyclic) bond motifs is 1. The molecule has 1 heterocycles. The van der Waals surface area contributed by atoms with Crippen LogP contribution in [0.25, 0.3) is 11.0 Å². The van der Waals surface area contributed by atoms with Crippen molar-refractivity contribution >= 4 is 16.9 Å². The van der Waals surface area contributed by atoms with E-state index in [-0.39, 0.29) is 24.9 Å². The topological polar surface area (TPSA) is 47.4 Å². The maximum Gasteiger partial charge on any atom is 0.242 e. The molecular formula is C25H24FN3O2. The molecule has 6 heteroatoms. The number of amides is 1. The number of hydrogen-bond acceptors (Lipinski definition) is 3. The lowest BCUT2D eigenvalue weighted by Crippen LogP contribution is -2.33. The molecule has 0 radical (unpaired) electrons. The van der Waals surface area contributed by atoms with Gasteiger partial charge in [0.1, 0.15) is 30.5 Å². The van der Waals surface area contributed by atoms with Crippen molar-refractivity contribution in [3.63, 3.8) is 0 Å².